The van der Waals surface area contributed by atoms with E-state index in [4.69, 9.17) is 11.6 Å². The molecule has 3 aromatic rings. The number of piperazine rings is 1. The van der Waals surface area contributed by atoms with Crippen molar-refractivity contribution in [3.05, 3.63) is 81.1 Å². The van der Waals surface area contributed by atoms with Gasteiger partial charge in [0.15, 0.2) is 0 Å². The maximum Gasteiger partial charge on any atom is 0.266 e. The number of carbonyl (C=O) groups excluding carboxylic acids is 1. The van der Waals surface area contributed by atoms with Crippen LogP contribution in [0.3, 0.4) is 0 Å². The summed E-state index contributed by atoms with van der Waals surface area (Å²) in [4.78, 5) is 29.3. The molecular weight excluding hydrogens is 424 g/mol. The number of aryl methyl sites for hydroxylation is 2. The van der Waals surface area contributed by atoms with Crippen LogP contribution in [0.1, 0.15) is 17.5 Å². The minimum atomic E-state index is -0.213. The predicted molar refractivity (Wildman–Crippen MR) is 128 cm³/mol. The third-order valence-electron chi connectivity index (χ3n) is 6.09. The maximum atomic E-state index is 12.8. The van der Waals surface area contributed by atoms with Crippen LogP contribution in [0.4, 0.5) is 5.69 Å². The molecule has 1 amide bonds. The number of halogens is 1. The largest absolute Gasteiger partial charge is 0.368 e. The molecule has 0 spiro atoms. The number of hydrogen-bond acceptors (Lipinski definition) is 4. The number of rotatable bonds is 5. The summed E-state index contributed by atoms with van der Waals surface area (Å²) in [5.41, 5.74) is 5.15. The van der Waals surface area contributed by atoms with Gasteiger partial charge >= 0.3 is 0 Å². The van der Waals surface area contributed by atoms with E-state index in [1.807, 2.05) is 17.0 Å². The average molecular weight is 451 g/mol. The Balaban J connectivity index is 1.36. The Labute approximate surface area is 193 Å². The molecule has 0 saturated carbocycles. The van der Waals surface area contributed by atoms with Gasteiger partial charge in [0.2, 0.25) is 5.91 Å². The Morgan fingerprint density at radius 3 is 2.41 bits per heavy atom. The smallest absolute Gasteiger partial charge is 0.266 e. The molecule has 32 heavy (non-hydrogen) atoms. The highest BCUT2D eigenvalue weighted by Crippen LogP contribution is 2.24. The molecule has 2 heterocycles. The van der Waals surface area contributed by atoms with Crippen LogP contribution >= 0.6 is 11.6 Å². The molecule has 7 heteroatoms. The molecule has 1 aliphatic heterocycles. The molecule has 1 aromatic heterocycles. The van der Waals surface area contributed by atoms with Crippen LogP contribution in [0.5, 0.6) is 0 Å². The number of carbonyl (C=O) groups is 1. The van der Waals surface area contributed by atoms with E-state index < -0.39 is 0 Å². The molecular formula is C25H27ClN4O2. The van der Waals surface area contributed by atoms with Crippen molar-refractivity contribution in [2.75, 3.05) is 31.1 Å². The summed E-state index contributed by atoms with van der Waals surface area (Å²) in [7, 11) is 0. The molecule has 1 saturated heterocycles. The third kappa shape index (κ3) is 4.86. The first-order chi connectivity index (χ1) is 15.4. The van der Waals surface area contributed by atoms with E-state index in [0.717, 1.165) is 18.7 Å². The zero-order chi connectivity index (χ0) is 22.7. The van der Waals surface area contributed by atoms with Crippen molar-refractivity contribution in [1.82, 2.24) is 14.7 Å². The molecule has 0 bridgehead atoms. The number of hydrogen-bond donors (Lipinski definition) is 0. The van der Waals surface area contributed by atoms with Crippen LogP contribution in [0.15, 0.2) is 59.4 Å². The van der Waals surface area contributed by atoms with E-state index >= 15 is 0 Å². The molecule has 166 valence electrons. The summed E-state index contributed by atoms with van der Waals surface area (Å²) in [6.45, 7) is 7.50. The second-order valence-electron chi connectivity index (χ2n) is 8.12. The summed E-state index contributed by atoms with van der Waals surface area (Å²) in [5.74, 6) is 0.0520. The Morgan fingerprint density at radius 2 is 1.69 bits per heavy atom. The van der Waals surface area contributed by atoms with Gasteiger partial charge in [-0.3, -0.25) is 9.59 Å². The molecule has 0 N–H and O–H groups in total. The predicted octanol–water partition coefficient (Wildman–Crippen LogP) is 3.92. The Bertz CT molecular complexity index is 1170. The first-order valence-electron chi connectivity index (χ1n) is 10.9. The van der Waals surface area contributed by atoms with Gasteiger partial charge in [-0.15, -0.1) is 0 Å². The van der Waals surface area contributed by atoms with Gasteiger partial charge < -0.3 is 9.80 Å². The second kappa shape index (κ2) is 9.57. The van der Waals surface area contributed by atoms with Crippen LogP contribution in [0.2, 0.25) is 5.02 Å². The molecule has 0 aliphatic carbocycles. The van der Waals surface area contributed by atoms with Gasteiger partial charge in [0.05, 0.1) is 12.2 Å². The maximum absolute atomic E-state index is 12.8. The van der Waals surface area contributed by atoms with E-state index in [9.17, 15) is 9.59 Å². The minimum Gasteiger partial charge on any atom is -0.368 e. The van der Waals surface area contributed by atoms with Crippen LogP contribution in [0.25, 0.3) is 11.3 Å². The van der Waals surface area contributed by atoms with Crippen molar-refractivity contribution in [2.24, 2.45) is 0 Å². The van der Waals surface area contributed by atoms with Crippen molar-refractivity contribution < 1.29 is 4.79 Å². The highest BCUT2D eigenvalue weighted by Gasteiger charge is 2.22. The summed E-state index contributed by atoms with van der Waals surface area (Å²) >= 11 is 5.95. The zero-order valence-corrected chi connectivity index (χ0v) is 19.2. The van der Waals surface area contributed by atoms with E-state index in [-0.39, 0.29) is 24.4 Å². The van der Waals surface area contributed by atoms with Crippen molar-refractivity contribution in [2.45, 2.75) is 26.8 Å². The quantitative estimate of drug-likeness (QED) is 0.591. The van der Waals surface area contributed by atoms with Crippen molar-refractivity contribution in [1.29, 1.82) is 0 Å². The van der Waals surface area contributed by atoms with Gasteiger partial charge in [0, 0.05) is 54.9 Å². The molecule has 0 radical (unpaired) electrons. The lowest BCUT2D eigenvalue weighted by atomic mass is 10.1. The SMILES string of the molecule is Cc1cccc(N2CCN(C(=O)CCn3nc(-c4ccc(Cl)cc4)ccc3=O)CC2)c1C. The fourth-order valence-corrected chi connectivity index (χ4v) is 4.14. The first kappa shape index (κ1) is 22.1. The third-order valence-corrected chi connectivity index (χ3v) is 6.35. The van der Waals surface area contributed by atoms with Crippen molar-refractivity contribution >= 4 is 23.2 Å². The van der Waals surface area contributed by atoms with E-state index in [2.05, 4.69) is 42.0 Å². The fraction of sp³-hybridized carbons (Fsp3) is 0.320. The standard InChI is InChI=1S/C25H27ClN4O2/c1-18-4-3-5-23(19(18)2)28-14-16-29(17-15-28)24(31)12-13-30-25(32)11-10-22(27-30)20-6-8-21(26)9-7-20/h3-11H,12-17H2,1-2H3. The molecule has 4 rings (SSSR count). The second-order valence-corrected chi connectivity index (χ2v) is 8.56. The lowest BCUT2D eigenvalue weighted by Gasteiger charge is -2.37. The average Bonchev–Trinajstić information content (AvgIpc) is 2.81. The van der Waals surface area contributed by atoms with Crippen LogP contribution < -0.4 is 10.5 Å². The number of aromatic nitrogens is 2. The fourth-order valence-electron chi connectivity index (χ4n) is 4.02. The van der Waals surface area contributed by atoms with Gasteiger partial charge in [0.25, 0.3) is 5.56 Å². The number of nitrogens with zero attached hydrogens (tertiary/aromatic N) is 4. The van der Waals surface area contributed by atoms with Crippen molar-refractivity contribution in [3.63, 3.8) is 0 Å². The van der Waals surface area contributed by atoms with E-state index in [0.29, 0.717) is 23.8 Å². The number of benzene rings is 2. The Kier molecular flexibility index (Phi) is 6.61. The van der Waals surface area contributed by atoms with Gasteiger partial charge in [-0.05, 0) is 49.2 Å². The normalized spacial score (nSPS) is 14.0. The van der Waals surface area contributed by atoms with E-state index in [1.165, 1.54) is 27.6 Å². The lowest BCUT2D eigenvalue weighted by molar-refractivity contribution is -0.131. The summed E-state index contributed by atoms with van der Waals surface area (Å²) in [6, 6.07) is 16.8. The van der Waals surface area contributed by atoms with Crippen LogP contribution in [-0.2, 0) is 11.3 Å². The Morgan fingerprint density at radius 1 is 0.969 bits per heavy atom. The topological polar surface area (TPSA) is 58.4 Å². The lowest BCUT2D eigenvalue weighted by Crippen LogP contribution is -2.49. The molecule has 1 fully saturated rings. The van der Waals surface area contributed by atoms with Crippen LogP contribution in [-0.4, -0.2) is 46.8 Å². The number of anilines is 1. The molecule has 1 aliphatic rings. The first-order valence-corrected chi connectivity index (χ1v) is 11.2. The molecule has 0 unspecified atom stereocenters. The van der Waals surface area contributed by atoms with Gasteiger partial charge in [-0.25, -0.2) is 4.68 Å². The zero-order valence-electron chi connectivity index (χ0n) is 18.4. The highest BCUT2D eigenvalue weighted by atomic mass is 35.5. The van der Waals surface area contributed by atoms with Gasteiger partial charge in [0.1, 0.15) is 0 Å². The molecule has 0 atom stereocenters. The minimum absolute atomic E-state index is 0.0520. The van der Waals surface area contributed by atoms with Crippen molar-refractivity contribution in [3.8, 4) is 11.3 Å². The Hall–Kier alpha value is -3.12. The molecule has 6 nitrogen and oxygen atoms in total. The summed E-state index contributed by atoms with van der Waals surface area (Å²) in [6.07, 6.45) is 0.250. The summed E-state index contributed by atoms with van der Waals surface area (Å²) < 4.78 is 1.37. The van der Waals surface area contributed by atoms with E-state index in [1.54, 1.807) is 18.2 Å². The van der Waals surface area contributed by atoms with Crippen LogP contribution in [0, 0.1) is 13.8 Å². The molecule has 2 aromatic carbocycles. The van der Waals surface area contributed by atoms with Gasteiger partial charge in [-0.1, -0.05) is 35.9 Å². The van der Waals surface area contributed by atoms with Gasteiger partial charge in [-0.2, -0.15) is 5.10 Å². The number of amides is 1. The summed E-state index contributed by atoms with van der Waals surface area (Å²) in [5, 5.41) is 5.08. The monoisotopic (exact) mass is 450 g/mol. The highest BCUT2D eigenvalue weighted by molar-refractivity contribution is 6.30.